The van der Waals surface area contributed by atoms with E-state index in [1.807, 2.05) is 30.3 Å². The largest absolute Gasteiger partial charge is 0.481 e. The minimum Gasteiger partial charge on any atom is -0.481 e. The van der Waals surface area contributed by atoms with Crippen LogP contribution < -0.4 is 5.32 Å². The van der Waals surface area contributed by atoms with E-state index in [1.165, 1.54) is 6.26 Å². The molecule has 0 bridgehead atoms. The van der Waals surface area contributed by atoms with E-state index < -0.39 is 5.97 Å². The van der Waals surface area contributed by atoms with Crippen LogP contribution in [-0.4, -0.2) is 40.1 Å². The minimum absolute atomic E-state index is 0.205. The van der Waals surface area contributed by atoms with E-state index in [4.69, 9.17) is 9.52 Å². The summed E-state index contributed by atoms with van der Waals surface area (Å²) >= 11 is 0. The average molecular weight is 329 g/mol. The van der Waals surface area contributed by atoms with Gasteiger partial charge < -0.3 is 19.7 Å². The molecular weight excluding hydrogens is 310 g/mol. The summed E-state index contributed by atoms with van der Waals surface area (Å²) in [7, 11) is 0. The molecule has 1 aliphatic heterocycles. The number of hydrogen-bond acceptors (Lipinski definition) is 4. The number of rotatable bonds is 4. The van der Waals surface area contributed by atoms with Gasteiger partial charge in [0, 0.05) is 18.7 Å². The molecule has 1 fully saturated rings. The van der Waals surface area contributed by atoms with E-state index in [0.29, 0.717) is 37.5 Å². The molecule has 0 atom stereocenters. The third-order valence-corrected chi connectivity index (χ3v) is 4.12. The maximum atomic E-state index is 12.1. The number of amides is 2. The summed E-state index contributed by atoms with van der Waals surface area (Å²) in [6.07, 6.45) is 2.51. The molecule has 2 aromatic rings. The zero-order valence-corrected chi connectivity index (χ0v) is 13.1. The molecule has 7 heteroatoms. The Hall–Kier alpha value is -2.83. The molecule has 0 unspecified atom stereocenters. The molecule has 126 valence electrons. The average Bonchev–Trinajstić information content (AvgIpc) is 3.09. The Morgan fingerprint density at radius 1 is 1.25 bits per heavy atom. The van der Waals surface area contributed by atoms with Crippen molar-refractivity contribution in [1.82, 2.24) is 15.2 Å². The topological polar surface area (TPSA) is 95.7 Å². The van der Waals surface area contributed by atoms with Gasteiger partial charge in [-0.05, 0) is 25.0 Å². The van der Waals surface area contributed by atoms with Gasteiger partial charge >= 0.3 is 12.0 Å². The number of aliphatic carboxylic acids is 1. The summed E-state index contributed by atoms with van der Waals surface area (Å²) < 4.78 is 5.43. The summed E-state index contributed by atoms with van der Waals surface area (Å²) in [5, 5.41) is 11.8. The third kappa shape index (κ3) is 3.73. The quantitative estimate of drug-likeness (QED) is 0.897. The number of urea groups is 1. The highest BCUT2D eigenvalue weighted by atomic mass is 16.4. The first-order chi connectivity index (χ1) is 11.6. The number of oxazole rings is 1. The van der Waals surface area contributed by atoms with Crippen molar-refractivity contribution in [3.63, 3.8) is 0 Å². The van der Waals surface area contributed by atoms with E-state index in [2.05, 4.69) is 10.3 Å². The van der Waals surface area contributed by atoms with Gasteiger partial charge in [0.05, 0.1) is 18.2 Å². The third-order valence-electron chi connectivity index (χ3n) is 4.12. The molecular formula is C17H19N3O4. The molecule has 1 aliphatic rings. The van der Waals surface area contributed by atoms with Crippen molar-refractivity contribution in [2.24, 2.45) is 5.92 Å². The minimum atomic E-state index is -0.786. The Labute approximate surface area is 139 Å². The zero-order valence-electron chi connectivity index (χ0n) is 13.1. The fourth-order valence-corrected chi connectivity index (χ4v) is 2.71. The molecule has 0 aliphatic carbocycles. The summed E-state index contributed by atoms with van der Waals surface area (Å²) in [6, 6.07) is 9.33. The maximum absolute atomic E-state index is 12.1. The van der Waals surface area contributed by atoms with E-state index in [9.17, 15) is 9.59 Å². The number of carboxylic acids is 1. The molecule has 0 saturated carbocycles. The fourth-order valence-electron chi connectivity index (χ4n) is 2.71. The first kappa shape index (κ1) is 16.0. The van der Waals surface area contributed by atoms with Gasteiger partial charge in [-0.2, -0.15) is 0 Å². The van der Waals surface area contributed by atoms with Gasteiger partial charge in [-0.15, -0.1) is 0 Å². The van der Waals surface area contributed by atoms with Crippen molar-refractivity contribution in [3.05, 3.63) is 42.3 Å². The van der Waals surface area contributed by atoms with Crippen molar-refractivity contribution in [2.45, 2.75) is 19.4 Å². The van der Waals surface area contributed by atoms with Crippen molar-refractivity contribution < 1.29 is 19.1 Å². The summed E-state index contributed by atoms with van der Waals surface area (Å²) in [6.45, 7) is 1.18. The van der Waals surface area contributed by atoms with Crippen LogP contribution in [0.4, 0.5) is 4.79 Å². The van der Waals surface area contributed by atoms with E-state index in [-0.39, 0.29) is 18.5 Å². The molecule has 24 heavy (non-hydrogen) atoms. The second kappa shape index (κ2) is 7.16. The van der Waals surface area contributed by atoms with Crippen molar-refractivity contribution in [1.29, 1.82) is 0 Å². The summed E-state index contributed by atoms with van der Waals surface area (Å²) in [4.78, 5) is 29.0. The van der Waals surface area contributed by atoms with Crippen LogP contribution in [0.2, 0.25) is 0 Å². The lowest BCUT2D eigenvalue weighted by molar-refractivity contribution is -0.143. The van der Waals surface area contributed by atoms with Crippen LogP contribution in [0.25, 0.3) is 11.5 Å². The highest BCUT2D eigenvalue weighted by molar-refractivity contribution is 5.75. The van der Waals surface area contributed by atoms with Crippen LogP contribution >= 0.6 is 0 Å². The van der Waals surface area contributed by atoms with Gasteiger partial charge in [-0.25, -0.2) is 9.78 Å². The molecule has 0 radical (unpaired) electrons. The number of aromatic nitrogens is 1. The highest BCUT2D eigenvalue weighted by Gasteiger charge is 2.26. The Bertz CT molecular complexity index is 706. The molecule has 2 N–H and O–H groups in total. The Morgan fingerprint density at radius 3 is 2.62 bits per heavy atom. The van der Waals surface area contributed by atoms with Gasteiger partial charge in [0.1, 0.15) is 6.26 Å². The smallest absolute Gasteiger partial charge is 0.317 e. The first-order valence-corrected chi connectivity index (χ1v) is 7.89. The van der Waals surface area contributed by atoms with E-state index >= 15 is 0 Å². The van der Waals surface area contributed by atoms with Crippen LogP contribution in [0.3, 0.4) is 0 Å². The Balaban J connectivity index is 1.50. The molecule has 0 spiro atoms. The van der Waals surface area contributed by atoms with Crippen LogP contribution in [-0.2, 0) is 11.3 Å². The van der Waals surface area contributed by atoms with Gasteiger partial charge in [-0.3, -0.25) is 4.79 Å². The van der Waals surface area contributed by atoms with E-state index in [0.717, 1.165) is 5.56 Å². The van der Waals surface area contributed by atoms with Crippen LogP contribution in [0.1, 0.15) is 18.5 Å². The van der Waals surface area contributed by atoms with Crippen LogP contribution in [0.5, 0.6) is 0 Å². The number of nitrogens with zero attached hydrogens (tertiary/aromatic N) is 2. The predicted molar refractivity (Wildman–Crippen MR) is 86.1 cm³/mol. The highest BCUT2D eigenvalue weighted by Crippen LogP contribution is 2.19. The second-order valence-electron chi connectivity index (χ2n) is 5.77. The lowest BCUT2D eigenvalue weighted by atomic mass is 9.97. The predicted octanol–water partition coefficient (Wildman–Crippen LogP) is 2.35. The standard InChI is InChI=1S/C17H19N3O4/c21-16(22)13-6-8-20(9-7-13)17(23)18-10-14-11-24-15(19-14)12-4-2-1-3-5-12/h1-5,11,13H,6-10H2,(H,18,23)(H,21,22). The first-order valence-electron chi connectivity index (χ1n) is 7.89. The van der Waals surface area contributed by atoms with Crippen LogP contribution in [0, 0.1) is 5.92 Å². The normalized spacial score (nSPS) is 15.2. The van der Waals surface area contributed by atoms with Crippen molar-refractivity contribution >= 4 is 12.0 Å². The van der Waals surface area contributed by atoms with Crippen LogP contribution in [0.15, 0.2) is 41.0 Å². The van der Waals surface area contributed by atoms with Crippen molar-refractivity contribution in [2.75, 3.05) is 13.1 Å². The molecule has 2 heterocycles. The number of benzene rings is 1. The molecule has 1 aromatic heterocycles. The number of piperidine rings is 1. The maximum Gasteiger partial charge on any atom is 0.317 e. The van der Waals surface area contributed by atoms with E-state index in [1.54, 1.807) is 4.90 Å². The summed E-state index contributed by atoms with van der Waals surface area (Å²) in [5.74, 6) is -0.619. The number of nitrogens with one attached hydrogen (secondary N) is 1. The number of hydrogen-bond donors (Lipinski definition) is 2. The Morgan fingerprint density at radius 2 is 1.96 bits per heavy atom. The molecule has 7 nitrogen and oxygen atoms in total. The molecule has 2 amide bonds. The van der Waals surface area contributed by atoms with Gasteiger partial charge in [-0.1, -0.05) is 18.2 Å². The molecule has 1 aromatic carbocycles. The van der Waals surface area contributed by atoms with Crippen molar-refractivity contribution in [3.8, 4) is 11.5 Å². The number of carboxylic acid groups (broad SMARTS) is 1. The van der Waals surface area contributed by atoms with Gasteiger partial charge in [0.2, 0.25) is 5.89 Å². The number of carbonyl (C=O) groups excluding carboxylic acids is 1. The zero-order chi connectivity index (χ0) is 16.9. The lowest BCUT2D eigenvalue weighted by Gasteiger charge is -2.30. The molecule has 1 saturated heterocycles. The summed E-state index contributed by atoms with van der Waals surface area (Å²) in [5.41, 5.74) is 1.52. The SMILES string of the molecule is O=C(O)C1CCN(C(=O)NCc2coc(-c3ccccc3)n2)CC1. The number of carbonyl (C=O) groups is 2. The molecule has 3 rings (SSSR count). The van der Waals surface area contributed by atoms with Gasteiger partial charge in [0.25, 0.3) is 0 Å². The Kier molecular flexibility index (Phi) is 4.79. The number of likely N-dealkylation sites (tertiary alicyclic amines) is 1. The fraction of sp³-hybridized carbons (Fsp3) is 0.353. The van der Waals surface area contributed by atoms with Gasteiger partial charge in [0.15, 0.2) is 0 Å². The second-order valence-corrected chi connectivity index (χ2v) is 5.77. The monoisotopic (exact) mass is 329 g/mol. The lowest BCUT2D eigenvalue weighted by Crippen LogP contribution is -2.45.